The van der Waals surface area contributed by atoms with Crippen molar-refractivity contribution in [2.75, 3.05) is 4.90 Å². The molecule has 0 saturated heterocycles. The average Bonchev–Trinajstić information content (AvgIpc) is 3.33. The molecular formula is C59H43NS. The zero-order chi connectivity index (χ0) is 40.6. The molecule has 0 saturated carbocycles. The van der Waals surface area contributed by atoms with Crippen LogP contribution in [0.2, 0.25) is 0 Å². The topological polar surface area (TPSA) is 3.24 Å². The SMILES string of the molecule is c1ccc(CC2(Cc3ccc(N(c4ccc(-c5ccccc5)cc4)c4ccc(-c5ccccc5)cc4)cc3)c3ccccc3Sc3c2c2ccccc2c2ccccc32)cc1. The highest BCUT2D eigenvalue weighted by Crippen LogP contribution is 2.57. The average molecular weight is 798 g/mol. The summed E-state index contributed by atoms with van der Waals surface area (Å²) in [4.78, 5) is 5.10. The molecule has 0 amide bonds. The lowest BCUT2D eigenvalue weighted by Gasteiger charge is -2.43. The molecule has 0 bridgehead atoms. The predicted molar refractivity (Wildman–Crippen MR) is 259 cm³/mol. The van der Waals surface area contributed by atoms with Crippen molar-refractivity contribution >= 4 is 50.4 Å². The first kappa shape index (κ1) is 36.9. The highest BCUT2D eigenvalue weighted by Gasteiger charge is 2.43. The molecule has 290 valence electrons. The Hall–Kier alpha value is -7.13. The largest absolute Gasteiger partial charge is 0.311 e. The van der Waals surface area contributed by atoms with Crippen LogP contribution in [0, 0.1) is 0 Å². The van der Waals surface area contributed by atoms with Gasteiger partial charge < -0.3 is 4.90 Å². The Kier molecular flexibility index (Phi) is 9.56. The summed E-state index contributed by atoms with van der Waals surface area (Å²) in [5, 5.41) is 5.30. The first-order chi connectivity index (χ1) is 30.2. The van der Waals surface area contributed by atoms with Crippen LogP contribution in [0.1, 0.15) is 22.3 Å². The summed E-state index contributed by atoms with van der Waals surface area (Å²) in [6, 6.07) is 87.0. The number of nitrogens with zero attached hydrogens (tertiary/aromatic N) is 1. The zero-order valence-corrected chi connectivity index (χ0v) is 34.6. The number of hydrogen-bond acceptors (Lipinski definition) is 2. The van der Waals surface area contributed by atoms with E-state index in [1.165, 1.54) is 75.8 Å². The lowest BCUT2D eigenvalue weighted by Crippen LogP contribution is -2.36. The third-order valence-electron chi connectivity index (χ3n) is 12.5. The Balaban J connectivity index is 1.05. The van der Waals surface area contributed by atoms with Gasteiger partial charge in [0.15, 0.2) is 0 Å². The van der Waals surface area contributed by atoms with Gasteiger partial charge in [-0.2, -0.15) is 0 Å². The van der Waals surface area contributed by atoms with Crippen molar-refractivity contribution in [3.05, 3.63) is 259 Å². The van der Waals surface area contributed by atoms with Crippen molar-refractivity contribution < 1.29 is 0 Å². The molecule has 0 N–H and O–H groups in total. The van der Waals surface area contributed by atoms with Crippen LogP contribution in [0.25, 0.3) is 43.8 Å². The quantitative estimate of drug-likeness (QED) is 0.134. The molecule has 1 atom stereocenters. The van der Waals surface area contributed by atoms with Gasteiger partial charge in [-0.25, -0.2) is 0 Å². The molecule has 10 aromatic rings. The molecule has 0 spiro atoms. The number of rotatable bonds is 9. The predicted octanol–water partition coefficient (Wildman–Crippen LogP) is 16.0. The van der Waals surface area contributed by atoms with Gasteiger partial charge in [0, 0.05) is 32.3 Å². The Morgan fingerprint density at radius 1 is 0.328 bits per heavy atom. The Morgan fingerprint density at radius 2 is 0.721 bits per heavy atom. The van der Waals surface area contributed by atoms with E-state index in [2.05, 4.69) is 241 Å². The molecule has 0 fully saturated rings. The van der Waals surface area contributed by atoms with Gasteiger partial charge in [0.1, 0.15) is 0 Å². The molecule has 0 aliphatic carbocycles. The smallest absolute Gasteiger partial charge is 0.0462 e. The molecule has 61 heavy (non-hydrogen) atoms. The number of hydrogen-bond donors (Lipinski definition) is 0. The standard InChI is InChI=1S/C59H43NS/c1-4-16-42(17-5-1)40-59(55-26-14-15-27-56(55)61-58-54-25-13-11-23-52(54)51-22-10-12-24-53(51)57(58)59)41-43-28-34-48(35-29-43)60(49-36-30-46(31-37-49)44-18-6-2-7-19-44)50-38-32-47(33-39-50)45-20-8-3-9-21-45/h1-39H,40-41H2. The number of benzene rings is 10. The third-order valence-corrected chi connectivity index (χ3v) is 13.7. The minimum Gasteiger partial charge on any atom is -0.311 e. The Labute approximate surface area is 362 Å². The van der Waals surface area contributed by atoms with Gasteiger partial charge in [0.25, 0.3) is 0 Å². The van der Waals surface area contributed by atoms with Gasteiger partial charge in [-0.05, 0) is 121 Å². The highest BCUT2D eigenvalue weighted by atomic mass is 32.2. The van der Waals surface area contributed by atoms with E-state index in [-0.39, 0.29) is 5.41 Å². The molecule has 0 aromatic heterocycles. The Bertz CT molecular complexity index is 3040. The summed E-state index contributed by atoms with van der Waals surface area (Å²) in [6.45, 7) is 0. The summed E-state index contributed by atoms with van der Waals surface area (Å²) < 4.78 is 0. The second-order valence-corrected chi connectivity index (χ2v) is 17.2. The lowest BCUT2D eigenvalue weighted by atomic mass is 9.65. The van der Waals surface area contributed by atoms with Gasteiger partial charge in [-0.15, -0.1) is 0 Å². The van der Waals surface area contributed by atoms with E-state index < -0.39 is 0 Å². The maximum atomic E-state index is 2.40. The first-order valence-corrected chi connectivity index (χ1v) is 22.0. The van der Waals surface area contributed by atoms with Crippen LogP contribution in [-0.2, 0) is 18.3 Å². The van der Waals surface area contributed by atoms with E-state index in [1.807, 2.05) is 11.8 Å². The van der Waals surface area contributed by atoms with Crippen LogP contribution in [0.4, 0.5) is 17.1 Å². The molecule has 2 heteroatoms. The van der Waals surface area contributed by atoms with E-state index in [0.29, 0.717) is 0 Å². The molecule has 1 aliphatic rings. The number of fused-ring (bicyclic) bond motifs is 7. The van der Waals surface area contributed by atoms with Crippen LogP contribution >= 0.6 is 11.8 Å². The van der Waals surface area contributed by atoms with Gasteiger partial charge in [-0.1, -0.05) is 206 Å². The van der Waals surface area contributed by atoms with E-state index in [0.717, 1.165) is 29.9 Å². The minimum absolute atomic E-state index is 0.329. The third kappa shape index (κ3) is 6.80. The Morgan fingerprint density at radius 3 is 1.28 bits per heavy atom. The molecule has 0 radical (unpaired) electrons. The van der Waals surface area contributed by atoms with Gasteiger partial charge in [-0.3, -0.25) is 0 Å². The molecule has 1 heterocycles. The molecule has 10 aromatic carbocycles. The van der Waals surface area contributed by atoms with Crippen LogP contribution < -0.4 is 4.90 Å². The van der Waals surface area contributed by atoms with Crippen LogP contribution in [0.5, 0.6) is 0 Å². The van der Waals surface area contributed by atoms with Crippen LogP contribution in [-0.4, -0.2) is 0 Å². The molecule has 1 aliphatic heterocycles. The van der Waals surface area contributed by atoms with Gasteiger partial charge in [0.05, 0.1) is 0 Å². The van der Waals surface area contributed by atoms with Crippen molar-refractivity contribution in [1.29, 1.82) is 0 Å². The first-order valence-electron chi connectivity index (χ1n) is 21.2. The fourth-order valence-corrected chi connectivity index (χ4v) is 11.1. The summed E-state index contributed by atoms with van der Waals surface area (Å²) in [5.74, 6) is 0. The summed E-state index contributed by atoms with van der Waals surface area (Å²) in [7, 11) is 0. The van der Waals surface area contributed by atoms with E-state index in [4.69, 9.17) is 0 Å². The van der Waals surface area contributed by atoms with E-state index in [1.54, 1.807) is 0 Å². The van der Waals surface area contributed by atoms with Gasteiger partial charge >= 0.3 is 0 Å². The summed E-state index contributed by atoms with van der Waals surface area (Å²) in [5.41, 5.74) is 13.4. The monoisotopic (exact) mass is 797 g/mol. The molecule has 1 nitrogen and oxygen atoms in total. The van der Waals surface area contributed by atoms with E-state index >= 15 is 0 Å². The van der Waals surface area contributed by atoms with Crippen molar-refractivity contribution in [2.45, 2.75) is 28.0 Å². The van der Waals surface area contributed by atoms with E-state index in [9.17, 15) is 0 Å². The normalized spacial score (nSPS) is 14.4. The maximum absolute atomic E-state index is 2.40. The lowest BCUT2D eigenvalue weighted by molar-refractivity contribution is 0.490. The summed E-state index contributed by atoms with van der Waals surface area (Å²) >= 11 is 1.94. The fourth-order valence-electron chi connectivity index (χ4n) is 9.69. The molecular weight excluding hydrogens is 755 g/mol. The van der Waals surface area contributed by atoms with Crippen molar-refractivity contribution in [3.8, 4) is 22.3 Å². The number of anilines is 3. The molecule has 1 unspecified atom stereocenters. The highest BCUT2D eigenvalue weighted by molar-refractivity contribution is 7.99. The summed E-state index contributed by atoms with van der Waals surface area (Å²) in [6.07, 6.45) is 1.74. The zero-order valence-electron chi connectivity index (χ0n) is 33.8. The fraction of sp³-hybridized carbons (Fsp3) is 0.0508. The second kappa shape index (κ2) is 15.8. The molecule has 11 rings (SSSR count). The van der Waals surface area contributed by atoms with Crippen LogP contribution in [0.15, 0.2) is 246 Å². The maximum Gasteiger partial charge on any atom is 0.0462 e. The van der Waals surface area contributed by atoms with Crippen molar-refractivity contribution in [1.82, 2.24) is 0 Å². The van der Waals surface area contributed by atoms with Crippen molar-refractivity contribution in [3.63, 3.8) is 0 Å². The van der Waals surface area contributed by atoms with Crippen LogP contribution in [0.3, 0.4) is 0 Å². The second-order valence-electron chi connectivity index (χ2n) is 16.1. The van der Waals surface area contributed by atoms with Gasteiger partial charge in [0.2, 0.25) is 0 Å². The minimum atomic E-state index is -0.329. The van der Waals surface area contributed by atoms with Crippen molar-refractivity contribution in [2.24, 2.45) is 0 Å².